The van der Waals surface area contributed by atoms with Crippen molar-refractivity contribution in [1.82, 2.24) is 4.98 Å². The van der Waals surface area contributed by atoms with Crippen LogP contribution in [0.15, 0.2) is 71.0 Å². The minimum Gasteiger partial charge on any atom is -0.512 e. The van der Waals surface area contributed by atoms with E-state index >= 15 is 0 Å². The van der Waals surface area contributed by atoms with Gasteiger partial charge in [0.05, 0.1) is 12.0 Å². The van der Waals surface area contributed by atoms with Gasteiger partial charge < -0.3 is 14.5 Å². The molecule has 4 nitrogen and oxygen atoms in total. The number of fused-ring (bicyclic) bond motifs is 1. The summed E-state index contributed by atoms with van der Waals surface area (Å²) in [7, 11) is 0. The van der Waals surface area contributed by atoms with Crippen molar-refractivity contribution in [2.24, 2.45) is 0 Å². The van der Waals surface area contributed by atoms with Crippen LogP contribution in [-0.4, -0.2) is 15.9 Å². The molecule has 2 aromatic carbocycles. The summed E-state index contributed by atoms with van der Waals surface area (Å²) in [6.07, 6.45) is 2.98. The standard InChI is InChI=1S/C25H24NO.C5H8O2.Ir/c1-16-6-8-18(9-7-16)23-14-20-13-22(26-15-24(20)27-23)19-10-17(2)11-21(12-19)25(3,4)5;1-4(6)3-5(2)7;/h6-9,11-15H,1-5H3;3,6H,1-2H3;/q-1;;/b;4-3-;. The van der Waals surface area contributed by atoms with E-state index in [0.29, 0.717) is 0 Å². The zero-order chi connectivity index (χ0) is 25.0. The van der Waals surface area contributed by atoms with Gasteiger partial charge in [0.2, 0.25) is 0 Å². The van der Waals surface area contributed by atoms with Crippen LogP contribution in [0.4, 0.5) is 0 Å². The molecule has 35 heavy (non-hydrogen) atoms. The van der Waals surface area contributed by atoms with E-state index < -0.39 is 0 Å². The molecule has 0 aliphatic carbocycles. The number of nitrogens with zero attached hydrogens (tertiary/aromatic N) is 1. The second-order valence-corrected chi connectivity index (χ2v) is 9.70. The maximum Gasteiger partial charge on any atom is 0.155 e. The molecular weight excluding hydrogens is 615 g/mol. The summed E-state index contributed by atoms with van der Waals surface area (Å²) >= 11 is 0. The van der Waals surface area contributed by atoms with Crippen molar-refractivity contribution in [3.63, 3.8) is 0 Å². The first-order valence-corrected chi connectivity index (χ1v) is 11.3. The average molecular weight is 647 g/mol. The van der Waals surface area contributed by atoms with Crippen molar-refractivity contribution in [3.05, 3.63) is 89.3 Å². The van der Waals surface area contributed by atoms with Gasteiger partial charge in [-0.15, -0.1) is 34.9 Å². The fourth-order valence-electron chi connectivity index (χ4n) is 3.53. The van der Waals surface area contributed by atoms with E-state index in [4.69, 9.17) is 9.52 Å². The van der Waals surface area contributed by atoms with Crippen molar-refractivity contribution < 1.29 is 34.4 Å². The molecule has 4 aromatic rings. The van der Waals surface area contributed by atoms with E-state index in [-0.39, 0.29) is 37.1 Å². The normalized spacial score (nSPS) is 11.5. The first kappa shape index (κ1) is 28.2. The first-order chi connectivity index (χ1) is 15.9. The third-order valence-corrected chi connectivity index (χ3v) is 5.30. The van der Waals surface area contributed by atoms with Gasteiger partial charge in [-0.2, -0.15) is 0 Å². The fraction of sp³-hybridized carbons (Fsp3) is 0.267. The zero-order valence-corrected chi connectivity index (χ0v) is 23.7. The molecule has 0 aliphatic heterocycles. The topological polar surface area (TPSA) is 63.3 Å². The summed E-state index contributed by atoms with van der Waals surface area (Å²) in [5.41, 5.74) is 7.59. The second-order valence-electron chi connectivity index (χ2n) is 9.70. The number of rotatable bonds is 3. The summed E-state index contributed by atoms with van der Waals surface area (Å²) in [6, 6.07) is 20.4. The van der Waals surface area contributed by atoms with Gasteiger partial charge in [0, 0.05) is 37.1 Å². The SMILES string of the molecule is CC(=O)/C=C(/C)O.Cc1[c-]c(-c2cc3cc(-c4ccc(C)cc4)oc3cn2)cc(C(C)(C)C)c1.[Ir]. The molecule has 2 aromatic heterocycles. The monoisotopic (exact) mass is 647 g/mol. The molecule has 1 N–H and O–H groups in total. The molecule has 0 bridgehead atoms. The maximum absolute atomic E-state index is 10.0. The number of furan rings is 1. The number of aliphatic hydroxyl groups excluding tert-OH is 1. The molecular formula is C30H32IrNO3-. The molecule has 0 unspecified atom stereocenters. The van der Waals surface area contributed by atoms with Crippen LogP contribution in [0.1, 0.15) is 51.3 Å². The molecule has 5 heteroatoms. The molecule has 2 heterocycles. The Morgan fingerprint density at radius 1 is 1.03 bits per heavy atom. The van der Waals surface area contributed by atoms with Gasteiger partial charge in [-0.05, 0) is 37.9 Å². The van der Waals surface area contributed by atoms with E-state index in [0.717, 1.165) is 39.1 Å². The summed E-state index contributed by atoms with van der Waals surface area (Å²) in [6.45, 7) is 13.7. The van der Waals surface area contributed by atoms with E-state index in [2.05, 4.69) is 94.2 Å². The molecule has 0 aliphatic rings. The number of aromatic nitrogens is 1. The maximum atomic E-state index is 10.0. The number of aryl methyl sites for hydroxylation is 2. The molecule has 0 saturated carbocycles. The Labute approximate surface area is 221 Å². The summed E-state index contributed by atoms with van der Waals surface area (Å²) in [5, 5.41) is 9.42. The second kappa shape index (κ2) is 11.6. The number of hydrogen-bond acceptors (Lipinski definition) is 4. The van der Waals surface area contributed by atoms with E-state index in [9.17, 15) is 4.79 Å². The fourth-order valence-corrected chi connectivity index (χ4v) is 3.53. The van der Waals surface area contributed by atoms with Crippen LogP contribution >= 0.6 is 0 Å². The quantitative estimate of drug-likeness (QED) is 0.140. The van der Waals surface area contributed by atoms with Crippen LogP contribution in [0.2, 0.25) is 0 Å². The smallest absolute Gasteiger partial charge is 0.155 e. The predicted octanol–water partition coefficient (Wildman–Crippen LogP) is 7.91. The third kappa shape index (κ3) is 7.74. The molecule has 4 rings (SSSR count). The number of aliphatic hydroxyl groups is 1. The summed E-state index contributed by atoms with van der Waals surface area (Å²) in [4.78, 5) is 14.7. The molecule has 1 radical (unpaired) electrons. The van der Waals surface area contributed by atoms with Gasteiger partial charge in [-0.1, -0.05) is 63.6 Å². The van der Waals surface area contributed by atoms with E-state index in [1.54, 1.807) is 0 Å². The minimum absolute atomic E-state index is 0. The van der Waals surface area contributed by atoms with Crippen LogP contribution < -0.4 is 0 Å². The number of benzene rings is 2. The Morgan fingerprint density at radius 2 is 1.69 bits per heavy atom. The summed E-state index contributed by atoms with van der Waals surface area (Å²) in [5.74, 6) is 0.806. The van der Waals surface area contributed by atoms with Crippen LogP contribution in [0.3, 0.4) is 0 Å². The van der Waals surface area contributed by atoms with Crippen molar-refractivity contribution in [3.8, 4) is 22.6 Å². The van der Waals surface area contributed by atoms with Crippen molar-refractivity contribution in [2.75, 3.05) is 0 Å². The van der Waals surface area contributed by atoms with Crippen LogP contribution in [0.5, 0.6) is 0 Å². The molecule has 185 valence electrons. The number of carbonyl (C=O) groups excluding carboxylic acids is 1. The molecule has 0 spiro atoms. The van der Waals surface area contributed by atoms with E-state index in [1.807, 2.05) is 6.20 Å². The van der Waals surface area contributed by atoms with Gasteiger partial charge >= 0.3 is 0 Å². The summed E-state index contributed by atoms with van der Waals surface area (Å²) < 4.78 is 6.01. The van der Waals surface area contributed by atoms with Gasteiger partial charge in [0.25, 0.3) is 0 Å². The van der Waals surface area contributed by atoms with Crippen LogP contribution in [-0.2, 0) is 30.3 Å². The molecule has 0 amide bonds. The number of allylic oxidation sites excluding steroid dienone is 2. The first-order valence-electron chi connectivity index (χ1n) is 11.3. The molecule has 0 saturated heterocycles. The number of pyridine rings is 1. The molecule has 0 atom stereocenters. The van der Waals surface area contributed by atoms with Gasteiger partial charge in [0.1, 0.15) is 5.76 Å². The Morgan fingerprint density at radius 3 is 2.23 bits per heavy atom. The van der Waals surface area contributed by atoms with Crippen molar-refractivity contribution in [2.45, 2.75) is 53.9 Å². The van der Waals surface area contributed by atoms with Crippen molar-refractivity contribution >= 4 is 16.8 Å². The molecule has 0 fully saturated rings. The largest absolute Gasteiger partial charge is 0.512 e. The van der Waals surface area contributed by atoms with Crippen LogP contribution in [0, 0.1) is 19.9 Å². The number of carbonyl (C=O) groups is 1. The van der Waals surface area contributed by atoms with Gasteiger partial charge in [-0.3, -0.25) is 4.79 Å². The van der Waals surface area contributed by atoms with Crippen molar-refractivity contribution in [1.29, 1.82) is 0 Å². The Hall–Kier alpha value is -3.01. The average Bonchev–Trinajstić information content (AvgIpc) is 3.16. The van der Waals surface area contributed by atoms with Crippen LogP contribution in [0.25, 0.3) is 33.6 Å². The predicted molar refractivity (Wildman–Crippen MR) is 139 cm³/mol. The van der Waals surface area contributed by atoms with Gasteiger partial charge in [0.15, 0.2) is 11.4 Å². The zero-order valence-electron chi connectivity index (χ0n) is 21.3. The Bertz CT molecular complexity index is 1340. The number of hydrogen-bond donors (Lipinski definition) is 1. The number of ketones is 1. The van der Waals surface area contributed by atoms with E-state index in [1.165, 1.54) is 31.1 Å². The minimum atomic E-state index is -0.125. The third-order valence-electron chi connectivity index (χ3n) is 5.30. The Balaban J connectivity index is 0.000000476. The van der Waals surface area contributed by atoms with Gasteiger partial charge in [-0.25, -0.2) is 0 Å². The Kier molecular flexibility index (Phi) is 9.37.